The molecule has 162 valence electrons. The van der Waals surface area contributed by atoms with Crippen LogP contribution in [-0.4, -0.2) is 62.9 Å². The van der Waals surface area contributed by atoms with Crippen molar-refractivity contribution < 1.29 is 9.13 Å². The van der Waals surface area contributed by atoms with Crippen LogP contribution in [0.4, 0.5) is 10.3 Å². The van der Waals surface area contributed by atoms with E-state index in [0.29, 0.717) is 19.6 Å². The van der Waals surface area contributed by atoms with E-state index in [4.69, 9.17) is 14.7 Å². The number of hydrogen-bond acceptors (Lipinski definition) is 7. The Bertz CT molecular complexity index is 1000. The molecule has 3 aromatic rings. The smallest absolute Gasteiger partial charge is 0.225 e. The minimum atomic E-state index is -0.231. The molecular formula is C22H26FN7O. The predicted octanol–water partition coefficient (Wildman–Crippen LogP) is 2.50. The number of ether oxygens (including phenoxy) is 1. The molecule has 2 aliphatic heterocycles. The average molecular weight is 423 g/mol. The molecule has 2 fully saturated rings. The molecule has 1 aromatic carbocycles. The third kappa shape index (κ3) is 4.72. The number of likely N-dealkylation sites (tertiary alicyclic amines) is 1. The number of rotatable bonds is 6. The molecule has 0 saturated carbocycles. The van der Waals surface area contributed by atoms with Crippen LogP contribution in [0.5, 0.6) is 0 Å². The van der Waals surface area contributed by atoms with Crippen LogP contribution in [-0.2, 0) is 17.7 Å². The van der Waals surface area contributed by atoms with Crippen molar-refractivity contribution in [2.75, 3.05) is 37.7 Å². The summed E-state index contributed by atoms with van der Waals surface area (Å²) in [5, 5.41) is 7.54. The van der Waals surface area contributed by atoms with Crippen LogP contribution in [0.3, 0.4) is 0 Å². The Kier molecular flexibility index (Phi) is 5.86. The Morgan fingerprint density at radius 2 is 1.90 bits per heavy atom. The molecule has 0 amide bonds. The number of benzene rings is 1. The van der Waals surface area contributed by atoms with Crippen molar-refractivity contribution in [3.63, 3.8) is 0 Å². The first-order valence-corrected chi connectivity index (χ1v) is 10.8. The van der Waals surface area contributed by atoms with Gasteiger partial charge in [0.05, 0.1) is 24.9 Å². The number of hydrogen-bond donors (Lipinski definition) is 1. The van der Waals surface area contributed by atoms with Crippen LogP contribution in [0.25, 0.3) is 0 Å². The number of anilines is 1. The summed E-state index contributed by atoms with van der Waals surface area (Å²) in [5.74, 6) is 2.16. The standard InChI is InChI=1S/C22H26FN7O/c23-17-5-3-16(4-6-17)14-20-26-21(28-27-20)19-2-1-9-30(19)15-18-7-8-24-22(25-18)29-10-12-31-13-11-29/h3-8,19H,1-2,9-15H2,(H,26,27,28). The van der Waals surface area contributed by atoms with Crippen LogP contribution in [0.2, 0.25) is 0 Å². The molecular weight excluding hydrogens is 397 g/mol. The molecule has 0 radical (unpaired) electrons. The molecule has 2 saturated heterocycles. The fourth-order valence-electron chi connectivity index (χ4n) is 4.24. The second kappa shape index (κ2) is 9.07. The SMILES string of the molecule is Fc1ccc(Cc2nc(C3CCCN3Cc3ccnc(N4CCOCC4)n3)n[nH]2)cc1. The molecule has 0 spiro atoms. The van der Waals surface area contributed by atoms with Crippen molar-refractivity contribution in [3.8, 4) is 0 Å². The van der Waals surface area contributed by atoms with Gasteiger partial charge in [-0.25, -0.2) is 19.3 Å². The highest BCUT2D eigenvalue weighted by atomic mass is 19.1. The first-order chi connectivity index (χ1) is 15.2. The highest BCUT2D eigenvalue weighted by molar-refractivity contribution is 5.30. The maximum absolute atomic E-state index is 13.1. The van der Waals surface area contributed by atoms with Gasteiger partial charge in [-0.1, -0.05) is 12.1 Å². The van der Waals surface area contributed by atoms with Crippen LogP contribution < -0.4 is 4.90 Å². The van der Waals surface area contributed by atoms with E-state index in [9.17, 15) is 4.39 Å². The summed E-state index contributed by atoms with van der Waals surface area (Å²) in [6.07, 6.45) is 4.57. The van der Waals surface area contributed by atoms with Crippen molar-refractivity contribution in [1.29, 1.82) is 0 Å². The number of nitrogens with zero attached hydrogens (tertiary/aromatic N) is 6. The van der Waals surface area contributed by atoms with Gasteiger partial charge in [0.25, 0.3) is 0 Å². The Balaban J connectivity index is 1.26. The van der Waals surface area contributed by atoms with Gasteiger partial charge in [0.1, 0.15) is 11.6 Å². The topological polar surface area (TPSA) is 83.1 Å². The quantitative estimate of drug-likeness (QED) is 0.652. The lowest BCUT2D eigenvalue weighted by Crippen LogP contribution is -2.37. The van der Waals surface area contributed by atoms with Gasteiger partial charge >= 0.3 is 0 Å². The molecule has 1 N–H and O–H groups in total. The molecule has 5 rings (SSSR count). The number of morpholine rings is 1. The maximum Gasteiger partial charge on any atom is 0.225 e. The monoisotopic (exact) mass is 423 g/mol. The van der Waals surface area contributed by atoms with Gasteiger partial charge in [0, 0.05) is 32.3 Å². The van der Waals surface area contributed by atoms with E-state index in [1.165, 1.54) is 12.1 Å². The van der Waals surface area contributed by atoms with E-state index >= 15 is 0 Å². The Morgan fingerprint density at radius 3 is 2.74 bits per heavy atom. The van der Waals surface area contributed by atoms with E-state index in [-0.39, 0.29) is 11.9 Å². The van der Waals surface area contributed by atoms with Crippen LogP contribution >= 0.6 is 0 Å². The van der Waals surface area contributed by atoms with Crippen molar-refractivity contribution >= 4 is 5.95 Å². The zero-order valence-corrected chi connectivity index (χ0v) is 17.4. The largest absolute Gasteiger partial charge is 0.378 e. The van der Waals surface area contributed by atoms with Crippen LogP contribution in [0.15, 0.2) is 36.5 Å². The van der Waals surface area contributed by atoms with Gasteiger partial charge in [-0.15, -0.1) is 0 Å². The van der Waals surface area contributed by atoms with Crippen LogP contribution in [0.1, 0.15) is 41.8 Å². The number of halogens is 1. The van der Waals surface area contributed by atoms with Gasteiger partial charge < -0.3 is 9.64 Å². The zero-order chi connectivity index (χ0) is 21.0. The second-order valence-corrected chi connectivity index (χ2v) is 8.02. The van der Waals surface area contributed by atoms with Gasteiger partial charge in [-0.3, -0.25) is 10.00 Å². The lowest BCUT2D eigenvalue weighted by Gasteiger charge is -2.27. The van der Waals surface area contributed by atoms with Gasteiger partial charge in [-0.05, 0) is 43.1 Å². The van der Waals surface area contributed by atoms with E-state index in [1.54, 1.807) is 12.1 Å². The lowest BCUT2D eigenvalue weighted by atomic mass is 10.1. The summed E-state index contributed by atoms with van der Waals surface area (Å²) < 4.78 is 18.6. The fourth-order valence-corrected chi connectivity index (χ4v) is 4.24. The van der Waals surface area contributed by atoms with E-state index in [1.807, 2.05) is 12.3 Å². The number of aromatic amines is 1. The van der Waals surface area contributed by atoms with E-state index < -0.39 is 0 Å². The van der Waals surface area contributed by atoms with Crippen LogP contribution in [0, 0.1) is 5.82 Å². The Hall–Kier alpha value is -2.91. The minimum absolute atomic E-state index is 0.167. The molecule has 0 aliphatic carbocycles. The van der Waals surface area contributed by atoms with Crippen molar-refractivity contribution in [3.05, 3.63) is 65.3 Å². The molecule has 4 heterocycles. The number of aromatic nitrogens is 5. The third-order valence-electron chi connectivity index (χ3n) is 5.86. The highest BCUT2D eigenvalue weighted by Gasteiger charge is 2.29. The average Bonchev–Trinajstić information content (AvgIpc) is 3.45. The zero-order valence-electron chi connectivity index (χ0n) is 17.4. The fraction of sp³-hybridized carbons (Fsp3) is 0.455. The summed E-state index contributed by atoms with van der Waals surface area (Å²) in [6.45, 7) is 4.81. The number of H-pyrrole nitrogens is 1. The molecule has 0 bridgehead atoms. The molecule has 1 unspecified atom stereocenters. The summed E-state index contributed by atoms with van der Waals surface area (Å²) >= 11 is 0. The molecule has 1 atom stereocenters. The van der Waals surface area contributed by atoms with Crippen molar-refractivity contribution in [1.82, 2.24) is 30.0 Å². The van der Waals surface area contributed by atoms with Gasteiger partial charge in [0.15, 0.2) is 5.82 Å². The summed E-state index contributed by atoms with van der Waals surface area (Å²) in [6, 6.07) is 8.65. The van der Waals surface area contributed by atoms with Gasteiger partial charge in [0.2, 0.25) is 5.95 Å². The highest BCUT2D eigenvalue weighted by Crippen LogP contribution is 2.31. The van der Waals surface area contributed by atoms with Crippen molar-refractivity contribution in [2.24, 2.45) is 0 Å². The van der Waals surface area contributed by atoms with E-state index in [0.717, 1.165) is 67.9 Å². The number of nitrogens with one attached hydrogen (secondary N) is 1. The predicted molar refractivity (Wildman–Crippen MR) is 113 cm³/mol. The molecule has 31 heavy (non-hydrogen) atoms. The normalized spacial score (nSPS) is 19.8. The lowest BCUT2D eigenvalue weighted by molar-refractivity contribution is 0.122. The third-order valence-corrected chi connectivity index (χ3v) is 5.86. The molecule has 8 nitrogen and oxygen atoms in total. The van der Waals surface area contributed by atoms with Gasteiger partial charge in [-0.2, -0.15) is 5.10 Å². The Morgan fingerprint density at radius 1 is 1.06 bits per heavy atom. The minimum Gasteiger partial charge on any atom is -0.378 e. The summed E-state index contributed by atoms with van der Waals surface area (Å²) in [5.41, 5.74) is 2.01. The summed E-state index contributed by atoms with van der Waals surface area (Å²) in [7, 11) is 0. The maximum atomic E-state index is 13.1. The van der Waals surface area contributed by atoms with Crippen molar-refractivity contribution in [2.45, 2.75) is 31.8 Å². The second-order valence-electron chi connectivity index (χ2n) is 8.02. The molecule has 2 aromatic heterocycles. The first kappa shape index (κ1) is 20.0. The summed E-state index contributed by atoms with van der Waals surface area (Å²) in [4.78, 5) is 18.5. The first-order valence-electron chi connectivity index (χ1n) is 10.8. The molecule has 2 aliphatic rings. The molecule has 9 heteroatoms. The Labute approximate surface area is 180 Å². The van der Waals surface area contributed by atoms with E-state index in [2.05, 4.69) is 25.0 Å².